The molecule has 1 aliphatic rings. The summed E-state index contributed by atoms with van der Waals surface area (Å²) in [7, 11) is 0. The Morgan fingerprint density at radius 1 is 1.48 bits per heavy atom. The number of benzene rings is 1. The Labute approximate surface area is 129 Å². The molecule has 0 N–H and O–H groups in total. The van der Waals surface area contributed by atoms with Crippen LogP contribution < -0.4 is 9.64 Å². The number of carbonyl (C=O) groups is 2. The molecule has 21 heavy (non-hydrogen) atoms. The Morgan fingerprint density at radius 3 is 2.90 bits per heavy atom. The van der Waals surface area contributed by atoms with Gasteiger partial charge in [-0.15, -0.1) is 0 Å². The monoisotopic (exact) mass is 307 g/mol. The zero-order valence-corrected chi connectivity index (χ0v) is 13.5. The fourth-order valence-electron chi connectivity index (χ4n) is 2.48. The first-order valence-corrected chi connectivity index (χ1v) is 8.17. The van der Waals surface area contributed by atoms with Crippen LogP contribution in [0.5, 0.6) is 5.75 Å². The third kappa shape index (κ3) is 4.00. The average molecular weight is 307 g/mol. The highest BCUT2D eigenvalue weighted by atomic mass is 32.2. The lowest BCUT2D eigenvalue weighted by Gasteiger charge is -2.20. The van der Waals surface area contributed by atoms with Crippen LogP contribution in [-0.4, -0.2) is 29.9 Å². The molecule has 1 heterocycles. The number of carbonyl (C=O) groups excluding carboxylic acids is 2. The third-order valence-electron chi connectivity index (χ3n) is 3.43. The van der Waals surface area contributed by atoms with Gasteiger partial charge < -0.3 is 9.64 Å². The standard InChI is InChI=1S/C16H21NO3S/c1-4-20-15-6-5-11(2)7-14(15)17-9-13(8-16(17)19)10-21-12(3)18/h5-7,13H,4,8-10H2,1-3H3. The molecule has 1 fully saturated rings. The minimum atomic E-state index is 0.103. The van der Waals surface area contributed by atoms with E-state index in [1.807, 2.05) is 32.0 Å². The maximum absolute atomic E-state index is 12.3. The summed E-state index contributed by atoms with van der Waals surface area (Å²) < 4.78 is 5.63. The van der Waals surface area contributed by atoms with E-state index in [4.69, 9.17) is 4.74 Å². The average Bonchev–Trinajstić information content (AvgIpc) is 2.80. The highest BCUT2D eigenvalue weighted by molar-refractivity contribution is 8.13. The van der Waals surface area contributed by atoms with E-state index in [1.165, 1.54) is 11.8 Å². The summed E-state index contributed by atoms with van der Waals surface area (Å²) >= 11 is 1.30. The van der Waals surface area contributed by atoms with Crippen LogP contribution in [0, 0.1) is 12.8 Å². The normalized spacial score (nSPS) is 18.1. The Balaban J connectivity index is 2.16. The van der Waals surface area contributed by atoms with Gasteiger partial charge in [-0.05, 0) is 37.5 Å². The molecule has 1 aromatic rings. The van der Waals surface area contributed by atoms with Crippen molar-refractivity contribution >= 4 is 28.5 Å². The number of thioether (sulfide) groups is 1. The smallest absolute Gasteiger partial charge is 0.227 e. The van der Waals surface area contributed by atoms with Gasteiger partial charge in [0.2, 0.25) is 5.91 Å². The molecule has 5 heteroatoms. The van der Waals surface area contributed by atoms with Crippen molar-refractivity contribution in [2.45, 2.75) is 27.2 Å². The number of ether oxygens (including phenoxy) is 1. The Bertz CT molecular complexity index is 544. The van der Waals surface area contributed by atoms with Crippen LogP contribution in [0.4, 0.5) is 5.69 Å². The van der Waals surface area contributed by atoms with E-state index < -0.39 is 0 Å². The van der Waals surface area contributed by atoms with E-state index in [0.717, 1.165) is 17.0 Å². The van der Waals surface area contributed by atoms with Gasteiger partial charge in [0.15, 0.2) is 5.12 Å². The SMILES string of the molecule is CCOc1ccc(C)cc1N1CC(CSC(C)=O)CC1=O. The molecule has 114 valence electrons. The summed E-state index contributed by atoms with van der Waals surface area (Å²) in [5.74, 6) is 1.78. The van der Waals surface area contributed by atoms with E-state index in [0.29, 0.717) is 25.3 Å². The van der Waals surface area contributed by atoms with Crippen molar-refractivity contribution in [1.29, 1.82) is 0 Å². The fourth-order valence-corrected chi connectivity index (χ4v) is 3.17. The first-order chi connectivity index (χ1) is 10.0. The number of hydrogen-bond donors (Lipinski definition) is 0. The number of anilines is 1. The van der Waals surface area contributed by atoms with Crippen LogP contribution in [-0.2, 0) is 9.59 Å². The van der Waals surface area contributed by atoms with E-state index in [2.05, 4.69) is 0 Å². The summed E-state index contributed by atoms with van der Waals surface area (Å²) in [6.07, 6.45) is 0.500. The number of aryl methyl sites for hydroxylation is 1. The molecule has 4 nitrogen and oxygen atoms in total. The second kappa shape index (κ2) is 6.98. The van der Waals surface area contributed by atoms with Crippen LogP contribution in [0.1, 0.15) is 25.8 Å². The van der Waals surface area contributed by atoms with Gasteiger partial charge in [-0.25, -0.2) is 0 Å². The number of rotatable bonds is 5. The van der Waals surface area contributed by atoms with E-state index in [1.54, 1.807) is 11.8 Å². The minimum absolute atomic E-state index is 0.103. The molecule has 0 aromatic heterocycles. The molecule has 0 saturated carbocycles. The van der Waals surface area contributed by atoms with Crippen LogP contribution in [0.3, 0.4) is 0 Å². The van der Waals surface area contributed by atoms with Gasteiger partial charge in [0, 0.05) is 25.6 Å². The molecule has 1 unspecified atom stereocenters. The maximum atomic E-state index is 12.3. The number of amides is 1. The van der Waals surface area contributed by atoms with Crippen LogP contribution in [0.15, 0.2) is 18.2 Å². The van der Waals surface area contributed by atoms with Gasteiger partial charge in [0.05, 0.1) is 12.3 Å². The lowest BCUT2D eigenvalue weighted by Crippen LogP contribution is -2.25. The maximum Gasteiger partial charge on any atom is 0.227 e. The zero-order valence-electron chi connectivity index (χ0n) is 12.7. The quantitative estimate of drug-likeness (QED) is 0.839. The summed E-state index contributed by atoms with van der Waals surface area (Å²) in [4.78, 5) is 25.1. The second-order valence-corrected chi connectivity index (χ2v) is 6.48. The lowest BCUT2D eigenvalue weighted by atomic mass is 10.1. The molecule has 0 spiro atoms. The molecular weight excluding hydrogens is 286 g/mol. The summed E-state index contributed by atoms with van der Waals surface area (Å²) in [5, 5.41) is 0.103. The van der Waals surface area contributed by atoms with E-state index in [-0.39, 0.29) is 16.9 Å². The van der Waals surface area contributed by atoms with Gasteiger partial charge in [0.1, 0.15) is 5.75 Å². The van der Waals surface area contributed by atoms with Crippen molar-refractivity contribution in [1.82, 2.24) is 0 Å². The van der Waals surface area contributed by atoms with Gasteiger partial charge >= 0.3 is 0 Å². The van der Waals surface area contributed by atoms with Crippen molar-refractivity contribution in [2.75, 3.05) is 23.8 Å². The molecule has 2 rings (SSSR count). The summed E-state index contributed by atoms with van der Waals surface area (Å²) in [6.45, 7) is 6.72. The Hall–Kier alpha value is -1.49. The van der Waals surface area contributed by atoms with Crippen molar-refractivity contribution in [2.24, 2.45) is 5.92 Å². The molecule has 0 bridgehead atoms. The lowest BCUT2D eigenvalue weighted by molar-refractivity contribution is -0.117. The minimum Gasteiger partial charge on any atom is -0.492 e. The van der Waals surface area contributed by atoms with Crippen molar-refractivity contribution < 1.29 is 14.3 Å². The Kier molecular flexibility index (Phi) is 5.28. The Morgan fingerprint density at radius 2 is 2.24 bits per heavy atom. The summed E-state index contributed by atoms with van der Waals surface area (Å²) in [6, 6.07) is 5.89. The summed E-state index contributed by atoms with van der Waals surface area (Å²) in [5.41, 5.74) is 1.94. The first-order valence-electron chi connectivity index (χ1n) is 7.18. The predicted molar refractivity (Wildman–Crippen MR) is 85.9 cm³/mol. The predicted octanol–water partition coefficient (Wildman–Crippen LogP) is 3.03. The molecule has 1 saturated heterocycles. The highest BCUT2D eigenvalue weighted by Crippen LogP contribution is 2.34. The second-order valence-electron chi connectivity index (χ2n) is 5.28. The van der Waals surface area contributed by atoms with Crippen molar-refractivity contribution in [3.63, 3.8) is 0 Å². The third-order valence-corrected chi connectivity index (χ3v) is 4.48. The van der Waals surface area contributed by atoms with E-state index >= 15 is 0 Å². The zero-order chi connectivity index (χ0) is 15.4. The molecule has 0 aliphatic carbocycles. The van der Waals surface area contributed by atoms with Crippen LogP contribution >= 0.6 is 11.8 Å². The van der Waals surface area contributed by atoms with Crippen molar-refractivity contribution in [3.05, 3.63) is 23.8 Å². The number of hydrogen-bond acceptors (Lipinski definition) is 4. The van der Waals surface area contributed by atoms with Crippen molar-refractivity contribution in [3.8, 4) is 5.75 Å². The molecule has 1 aromatic carbocycles. The van der Waals surface area contributed by atoms with Crippen LogP contribution in [0.2, 0.25) is 0 Å². The fraction of sp³-hybridized carbons (Fsp3) is 0.500. The van der Waals surface area contributed by atoms with Gasteiger partial charge in [-0.2, -0.15) is 0 Å². The van der Waals surface area contributed by atoms with Gasteiger partial charge in [-0.3, -0.25) is 9.59 Å². The molecule has 1 atom stereocenters. The molecule has 1 amide bonds. The molecular formula is C16H21NO3S. The van der Waals surface area contributed by atoms with E-state index in [9.17, 15) is 9.59 Å². The van der Waals surface area contributed by atoms with Crippen LogP contribution in [0.25, 0.3) is 0 Å². The van der Waals surface area contributed by atoms with Gasteiger partial charge in [-0.1, -0.05) is 17.8 Å². The molecule has 1 aliphatic heterocycles. The number of nitrogens with zero attached hydrogens (tertiary/aromatic N) is 1. The highest BCUT2D eigenvalue weighted by Gasteiger charge is 2.32. The topological polar surface area (TPSA) is 46.6 Å². The van der Waals surface area contributed by atoms with Gasteiger partial charge in [0.25, 0.3) is 0 Å². The largest absolute Gasteiger partial charge is 0.492 e. The molecule has 0 radical (unpaired) electrons. The first kappa shape index (κ1) is 15.9.